The molecule has 152 valence electrons. The summed E-state index contributed by atoms with van der Waals surface area (Å²) in [5.74, 6) is 0.563. The van der Waals surface area contributed by atoms with Gasteiger partial charge in [0, 0.05) is 23.1 Å². The van der Waals surface area contributed by atoms with Crippen LogP contribution in [-0.2, 0) is 16.6 Å². The topological polar surface area (TPSA) is 93.7 Å². The van der Waals surface area contributed by atoms with Crippen molar-refractivity contribution in [3.63, 3.8) is 0 Å². The number of methoxy groups -OCH3 is 2. The van der Waals surface area contributed by atoms with E-state index in [1.807, 2.05) is 17.5 Å². The highest BCUT2D eigenvalue weighted by Gasteiger charge is 2.17. The highest BCUT2D eigenvalue weighted by molar-refractivity contribution is 7.89. The van der Waals surface area contributed by atoms with Gasteiger partial charge in [0.15, 0.2) is 0 Å². The van der Waals surface area contributed by atoms with Crippen LogP contribution in [0, 0.1) is 0 Å². The summed E-state index contributed by atoms with van der Waals surface area (Å²) in [6.07, 6.45) is 0. The molecule has 0 aliphatic heterocycles. The van der Waals surface area contributed by atoms with Crippen molar-refractivity contribution < 1.29 is 22.7 Å². The van der Waals surface area contributed by atoms with Gasteiger partial charge >= 0.3 is 0 Å². The molecule has 0 saturated heterocycles. The fourth-order valence-electron chi connectivity index (χ4n) is 2.56. The van der Waals surface area contributed by atoms with Crippen LogP contribution in [-0.4, -0.2) is 28.5 Å². The van der Waals surface area contributed by atoms with Crippen LogP contribution in [0.3, 0.4) is 0 Å². The molecule has 0 aliphatic carbocycles. The molecule has 9 heteroatoms. The zero-order valence-corrected chi connectivity index (χ0v) is 17.5. The second-order valence-corrected chi connectivity index (χ2v) is 8.75. The highest BCUT2D eigenvalue weighted by Crippen LogP contribution is 2.29. The average molecular weight is 433 g/mol. The molecule has 2 aromatic carbocycles. The highest BCUT2D eigenvalue weighted by atomic mass is 32.2. The van der Waals surface area contributed by atoms with Crippen molar-refractivity contribution in [2.45, 2.75) is 11.4 Å². The van der Waals surface area contributed by atoms with Gasteiger partial charge < -0.3 is 14.8 Å². The van der Waals surface area contributed by atoms with Crippen LogP contribution in [0.4, 0.5) is 5.69 Å². The number of carbonyl (C=O) groups is 1. The number of sulfonamides is 1. The van der Waals surface area contributed by atoms with Gasteiger partial charge in [0.1, 0.15) is 11.5 Å². The first-order chi connectivity index (χ1) is 13.9. The zero-order chi connectivity index (χ0) is 20.9. The Labute approximate surface area is 173 Å². The van der Waals surface area contributed by atoms with E-state index >= 15 is 0 Å². The number of benzene rings is 2. The predicted octanol–water partition coefficient (Wildman–Crippen LogP) is 3.50. The summed E-state index contributed by atoms with van der Waals surface area (Å²) in [5, 5.41) is 4.61. The summed E-state index contributed by atoms with van der Waals surface area (Å²) in [6.45, 7) is 0.194. The first-order valence-electron chi connectivity index (χ1n) is 8.58. The molecule has 3 rings (SSSR count). The molecule has 1 amide bonds. The third-order valence-corrected chi connectivity index (χ3v) is 6.36. The zero-order valence-electron chi connectivity index (χ0n) is 15.8. The van der Waals surface area contributed by atoms with Gasteiger partial charge in [0.25, 0.3) is 5.91 Å². The van der Waals surface area contributed by atoms with E-state index in [2.05, 4.69) is 10.0 Å². The van der Waals surface area contributed by atoms with E-state index in [-0.39, 0.29) is 17.0 Å². The van der Waals surface area contributed by atoms with Gasteiger partial charge in [-0.3, -0.25) is 4.79 Å². The molecule has 0 radical (unpaired) electrons. The number of amides is 1. The monoisotopic (exact) mass is 432 g/mol. The summed E-state index contributed by atoms with van der Waals surface area (Å²) in [7, 11) is -0.735. The van der Waals surface area contributed by atoms with E-state index in [9.17, 15) is 13.2 Å². The third kappa shape index (κ3) is 5.14. The Morgan fingerprint density at radius 1 is 1.03 bits per heavy atom. The standard InChI is InChI=1S/C20H20N2O5S2/c1-26-15-8-9-18(19(12-15)27-2)22-20(23)14-5-3-7-17(11-14)29(24,25)21-13-16-6-4-10-28-16/h3-12,21H,13H2,1-2H3,(H,22,23). The van der Waals surface area contributed by atoms with Crippen molar-refractivity contribution in [2.24, 2.45) is 0 Å². The summed E-state index contributed by atoms with van der Waals surface area (Å²) in [4.78, 5) is 13.6. The van der Waals surface area contributed by atoms with Gasteiger partial charge in [0.2, 0.25) is 10.0 Å². The fourth-order valence-corrected chi connectivity index (χ4v) is 4.35. The molecular weight excluding hydrogens is 412 g/mol. The maximum absolute atomic E-state index is 12.6. The van der Waals surface area contributed by atoms with Crippen molar-refractivity contribution in [1.82, 2.24) is 4.72 Å². The molecule has 0 atom stereocenters. The Morgan fingerprint density at radius 2 is 1.86 bits per heavy atom. The summed E-state index contributed by atoms with van der Waals surface area (Å²) in [6, 6.07) is 14.5. The van der Waals surface area contributed by atoms with E-state index in [1.54, 1.807) is 24.3 Å². The van der Waals surface area contributed by atoms with Gasteiger partial charge in [-0.1, -0.05) is 12.1 Å². The molecule has 0 saturated carbocycles. The first-order valence-corrected chi connectivity index (χ1v) is 10.9. The number of thiophene rings is 1. The van der Waals surface area contributed by atoms with Crippen LogP contribution in [0.15, 0.2) is 64.9 Å². The number of carbonyl (C=O) groups excluding carboxylic acids is 1. The Morgan fingerprint density at radius 3 is 2.55 bits per heavy atom. The molecule has 3 aromatic rings. The second kappa shape index (κ2) is 9.08. The minimum Gasteiger partial charge on any atom is -0.497 e. The maximum atomic E-state index is 12.6. The van der Waals surface area contributed by atoms with Gasteiger partial charge in [-0.15, -0.1) is 11.3 Å². The van der Waals surface area contributed by atoms with Crippen LogP contribution in [0.1, 0.15) is 15.2 Å². The molecule has 0 fully saturated rings. The van der Waals surface area contributed by atoms with Gasteiger partial charge in [-0.05, 0) is 41.8 Å². The van der Waals surface area contributed by atoms with Crippen LogP contribution in [0.25, 0.3) is 0 Å². The van der Waals surface area contributed by atoms with Crippen LogP contribution in [0.2, 0.25) is 0 Å². The average Bonchev–Trinajstić information content (AvgIpc) is 3.26. The fraction of sp³-hybridized carbons (Fsp3) is 0.150. The molecule has 1 heterocycles. The minimum absolute atomic E-state index is 0.0170. The lowest BCUT2D eigenvalue weighted by molar-refractivity contribution is 0.102. The van der Waals surface area contributed by atoms with Gasteiger partial charge in [0.05, 0.1) is 24.8 Å². The summed E-state index contributed by atoms with van der Waals surface area (Å²) >= 11 is 1.46. The smallest absolute Gasteiger partial charge is 0.255 e. The maximum Gasteiger partial charge on any atom is 0.255 e. The number of hydrogen-bond acceptors (Lipinski definition) is 6. The molecule has 29 heavy (non-hydrogen) atoms. The molecule has 7 nitrogen and oxygen atoms in total. The number of rotatable bonds is 8. The number of ether oxygens (including phenoxy) is 2. The lowest BCUT2D eigenvalue weighted by atomic mass is 10.2. The van der Waals surface area contributed by atoms with E-state index < -0.39 is 15.9 Å². The van der Waals surface area contributed by atoms with Crippen LogP contribution < -0.4 is 19.5 Å². The minimum atomic E-state index is -3.75. The molecule has 2 N–H and O–H groups in total. The predicted molar refractivity (Wildman–Crippen MR) is 112 cm³/mol. The van der Waals surface area contributed by atoms with Crippen molar-refractivity contribution in [3.8, 4) is 11.5 Å². The van der Waals surface area contributed by atoms with Crippen molar-refractivity contribution >= 4 is 33.0 Å². The van der Waals surface area contributed by atoms with E-state index in [1.165, 1.54) is 43.8 Å². The molecule has 0 unspecified atom stereocenters. The Kier molecular flexibility index (Phi) is 6.53. The number of hydrogen-bond donors (Lipinski definition) is 2. The Bertz CT molecular complexity index is 1100. The first kappa shape index (κ1) is 20.8. The molecule has 0 spiro atoms. The van der Waals surface area contributed by atoms with Crippen molar-refractivity contribution in [1.29, 1.82) is 0 Å². The lowest BCUT2D eigenvalue weighted by Crippen LogP contribution is -2.23. The molecule has 0 aliphatic rings. The number of anilines is 1. The van der Waals surface area contributed by atoms with Crippen molar-refractivity contribution in [3.05, 3.63) is 70.4 Å². The van der Waals surface area contributed by atoms with E-state index in [0.29, 0.717) is 17.2 Å². The summed E-state index contributed by atoms with van der Waals surface area (Å²) in [5.41, 5.74) is 0.657. The molecular formula is C20H20N2O5S2. The van der Waals surface area contributed by atoms with Crippen molar-refractivity contribution in [2.75, 3.05) is 19.5 Å². The normalized spacial score (nSPS) is 11.1. The van der Waals surface area contributed by atoms with E-state index in [0.717, 1.165) is 4.88 Å². The SMILES string of the molecule is COc1ccc(NC(=O)c2cccc(S(=O)(=O)NCc3cccs3)c2)c(OC)c1. The molecule has 0 bridgehead atoms. The third-order valence-electron chi connectivity index (χ3n) is 4.08. The Hall–Kier alpha value is -2.88. The van der Waals surface area contributed by atoms with E-state index in [4.69, 9.17) is 9.47 Å². The molecule has 1 aromatic heterocycles. The quantitative estimate of drug-likeness (QED) is 0.568. The van der Waals surface area contributed by atoms with Gasteiger partial charge in [-0.2, -0.15) is 0 Å². The second-order valence-electron chi connectivity index (χ2n) is 5.95. The summed E-state index contributed by atoms with van der Waals surface area (Å²) < 4.78 is 38.1. The van der Waals surface area contributed by atoms with Crippen LogP contribution in [0.5, 0.6) is 11.5 Å². The lowest BCUT2D eigenvalue weighted by Gasteiger charge is -2.12. The largest absolute Gasteiger partial charge is 0.497 e. The Balaban J connectivity index is 1.77. The van der Waals surface area contributed by atoms with Gasteiger partial charge in [-0.25, -0.2) is 13.1 Å². The number of nitrogens with one attached hydrogen (secondary N) is 2. The van der Waals surface area contributed by atoms with Crippen LogP contribution >= 0.6 is 11.3 Å².